The lowest BCUT2D eigenvalue weighted by molar-refractivity contribution is 0.564. The summed E-state index contributed by atoms with van der Waals surface area (Å²) in [6.07, 6.45) is 13.0. The van der Waals surface area contributed by atoms with E-state index in [4.69, 9.17) is 0 Å². The number of hydrogen-bond donors (Lipinski definition) is 0. The highest BCUT2D eigenvalue weighted by molar-refractivity contribution is 5.56. The lowest BCUT2D eigenvalue weighted by atomic mass is 10.0. The van der Waals surface area contributed by atoms with Gasteiger partial charge in [-0.1, -0.05) is 167 Å². The first kappa shape index (κ1) is 57.8. The first-order valence-corrected chi connectivity index (χ1v) is 21.7. The lowest BCUT2D eigenvalue weighted by Crippen LogP contribution is -1.88. The van der Waals surface area contributed by atoms with Crippen LogP contribution in [0.4, 0.5) is 34.1 Å². The van der Waals surface area contributed by atoms with Gasteiger partial charge in [0.05, 0.1) is 34.1 Å². The summed E-state index contributed by atoms with van der Waals surface area (Å²) in [6.45, 7) is 10.6. The van der Waals surface area contributed by atoms with Crippen molar-refractivity contribution in [2.24, 2.45) is 30.0 Å². The number of benzene rings is 7. The Morgan fingerprint density at radius 3 is 0.884 bits per heavy atom. The molecule has 0 amide bonds. The Bertz CT molecular complexity index is 2640. The molecule has 0 bridgehead atoms. The van der Waals surface area contributed by atoms with Crippen molar-refractivity contribution in [1.29, 1.82) is 0 Å². The Balaban J connectivity index is 0.000000434. The molecular formula is C57H54N6O6. The molecule has 0 heterocycles. The first-order chi connectivity index (χ1) is 33.7. The third kappa shape index (κ3) is 28.4. The number of hydrogen-bond acceptors (Lipinski definition) is 12. The maximum Gasteiger partial charge on any atom is 0.240 e. The van der Waals surface area contributed by atoms with Gasteiger partial charge < -0.3 is 0 Å². The van der Waals surface area contributed by atoms with E-state index in [1.165, 1.54) is 59.9 Å². The van der Waals surface area contributed by atoms with Crippen molar-refractivity contribution >= 4 is 70.6 Å². The van der Waals surface area contributed by atoms with Crippen molar-refractivity contribution in [1.82, 2.24) is 0 Å². The summed E-state index contributed by atoms with van der Waals surface area (Å²) in [6, 6.07) is 57.7. The van der Waals surface area contributed by atoms with Crippen LogP contribution in [0, 0.1) is 6.92 Å². The normalized spacial score (nSPS) is 8.59. The SMILES string of the molecule is CCC.CCC.Cc1ccc(Cc2ccc(N=C=O)cc2)cc1.O=C=Nc1ccc(Cc2ccccc2N=C=O)cc1.O=C=Nc1ccccc1.O=C=Nc1ccccc1.O=C=Nc1ccccc1. The number of para-hydroxylation sites is 4. The van der Waals surface area contributed by atoms with E-state index >= 15 is 0 Å². The van der Waals surface area contributed by atoms with Gasteiger partial charge in [-0.25, -0.2) is 28.8 Å². The van der Waals surface area contributed by atoms with Crippen molar-refractivity contribution in [3.05, 3.63) is 216 Å². The van der Waals surface area contributed by atoms with E-state index in [2.05, 4.69) is 88.8 Å². The number of aliphatic imine (C=N–C) groups is 6. The summed E-state index contributed by atoms with van der Waals surface area (Å²) in [5.74, 6) is 0. The number of isocyanates is 6. The summed E-state index contributed by atoms with van der Waals surface area (Å²) >= 11 is 0. The Hall–Kier alpha value is -9.18. The van der Waals surface area contributed by atoms with Gasteiger partial charge in [-0.05, 0) is 109 Å². The lowest BCUT2D eigenvalue weighted by Gasteiger charge is -2.04. The monoisotopic (exact) mass is 918 g/mol. The molecule has 7 aromatic rings. The quantitative estimate of drug-likeness (QED) is 0.0973. The van der Waals surface area contributed by atoms with Crippen molar-refractivity contribution in [3.8, 4) is 0 Å². The maximum atomic E-state index is 10.4. The standard InChI is InChI=1S/C15H10N2O2.C15H13NO.3C7H5NO.2C3H8/c18-10-16-14-7-5-12(6-8-14)9-13-3-1-2-4-15(13)17-11-19;1-12-2-4-13(5-3-12)10-14-6-8-15(9-7-14)16-11-17;3*9-6-8-7-4-2-1-3-5-7;2*1-3-2/h1-8H,9H2;2-9H,10H2,1H3;3*1-5H;2*3H2,1-2H3. The molecule has 12 heteroatoms. The van der Waals surface area contributed by atoms with Crippen LogP contribution in [-0.4, -0.2) is 36.5 Å². The molecule has 7 rings (SSSR count). The average molecular weight is 919 g/mol. The van der Waals surface area contributed by atoms with Crippen LogP contribution in [-0.2, 0) is 41.6 Å². The van der Waals surface area contributed by atoms with Gasteiger partial charge in [0.1, 0.15) is 0 Å². The smallest absolute Gasteiger partial charge is 0.211 e. The Kier molecular flexibility index (Phi) is 32.9. The van der Waals surface area contributed by atoms with Crippen LogP contribution in [0.3, 0.4) is 0 Å². The number of rotatable bonds is 10. The van der Waals surface area contributed by atoms with Crippen molar-refractivity contribution in [2.45, 2.75) is 60.3 Å². The molecule has 0 spiro atoms. The largest absolute Gasteiger partial charge is 0.240 e. The van der Waals surface area contributed by atoms with E-state index in [0.29, 0.717) is 40.5 Å². The molecule has 0 fully saturated rings. The third-order valence-electron chi connectivity index (χ3n) is 8.10. The fraction of sp³-hybridized carbons (Fsp3) is 0.158. The number of aryl methyl sites for hydroxylation is 1. The van der Waals surface area contributed by atoms with Gasteiger partial charge in [-0.3, -0.25) is 0 Å². The second-order valence-corrected chi connectivity index (χ2v) is 13.9. The molecule has 69 heavy (non-hydrogen) atoms. The highest BCUT2D eigenvalue weighted by Crippen LogP contribution is 2.23. The summed E-state index contributed by atoms with van der Waals surface area (Å²) < 4.78 is 0. The van der Waals surface area contributed by atoms with Gasteiger partial charge in [0.25, 0.3) is 0 Å². The maximum absolute atomic E-state index is 10.4. The highest BCUT2D eigenvalue weighted by Gasteiger charge is 2.02. The molecule has 0 aliphatic heterocycles. The zero-order valence-electron chi connectivity index (χ0n) is 39.4. The number of nitrogens with zero attached hydrogens (tertiary/aromatic N) is 6. The number of carbonyl (C=O) groups excluding carboxylic acids is 6. The topological polar surface area (TPSA) is 177 Å². The van der Waals surface area contributed by atoms with Crippen LogP contribution < -0.4 is 0 Å². The van der Waals surface area contributed by atoms with Gasteiger partial charge in [0.15, 0.2) is 0 Å². The van der Waals surface area contributed by atoms with E-state index in [9.17, 15) is 28.8 Å². The molecule has 0 unspecified atom stereocenters. The van der Waals surface area contributed by atoms with Gasteiger partial charge in [0, 0.05) is 0 Å². The molecule has 0 saturated heterocycles. The molecular weight excluding hydrogens is 865 g/mol. The molecule has 0 atom stereocenters. The van der Waals surface area contributed by atoms with Gasteiger partial charge >= 0.3 is 0 Å². The molecule has 0 aliphatic carbocycles. The molecule has 0 N–H and O–H groups in total. The second kappa shape index (κ2) is 39.2. The fourth-order valence-corrected chi connectivity index (χ4v) is 5.13. The zero-order chi connectivity index (χ0) is 50.6. The fourth-order valence-electron chi connectivity index (χ4n) is 5.13. The summed E-state index contributed by atoms with van der Waals surface area (Å²) in [4.78, 5) is 80.6. The van der Waals surface area contributed by atoms with Crippen LogP contribution in [0.2, 0.25) is 0 Å². The third-order valence-corrected chi connectivity index (χ3v) is 8.10. The van der Waals surface area contributed by atoms with Gasteiger partial charge in [-0.15, -0.1) is 0 Å². The van der Waals surface area contributed by atoms with Crippen molar-refractivity contribution in [2.75, 3.05) is 0 Å². The Morgan fingerprint density at radius 2 is 0.565 bits per heavy atom. The average Bonchev–Trinajstić information content (AvgIpc) is 3.37. The summed E-state index contributed by atoms with van der Waals surface area (Å²) in [7, 11) is 0. The predicted octanol–water partition coefficient (Wildman–Crippen LogP) is 14.6. The highest BCUT2D eigenvalue weighted by atomic mass is 16.1. The first-order valence-electron chi connectivity index (χ1n) is 21.7. The molecule has 12 nitrogen and oxygen atoms in total. The summed E-state index contributed by atoms with van der Waals surface area (Å²) in [5, 5.41) is 0. The van der Waals surface area contributed by atoms with E-state index in [1.54, 1.807) is 60.7 Å². The zero-order valence-corrected chi connectivity index (χ0v) is 39.4. The molecule has 0 aliphatic rings. The Morgan fingerprint density at radius 1 is 0.304 bits per heavy atom. The second-order valence-electron chi connectivity index (χ2n) is 13.9. The predicted molar refractivity (Wildman–Crippen MR) is 274 cm³/mol. The van der Waals surface area contributed by atoms with E-state index in [1.807, 2.05) is 109 Å². The molecule has 0 radical (unpaired) electrons. The van der Waals surface area contributed by atoms with E-state index < -0.39 is 0 Å². The summed E-state index contributed by atoms with van der Waals surface area (Å²) in [5.41, 5.74) is 9.51. The Labute approximate surface area is 404 Å². The van der Waals surface area contributed by atoms with E-state index in [0.717, 1.165) is 17.5 Å². The minimum atomic E-state index is 0.568. The molecule has 0 aromatic heterocycles. The van der Waals surface area contributed by atoms with E-state index in [-0.39, 0.29) is 0 Å². The van der Waals surface area contributed by atoms with Crippen LogP contribution in [0.25, 0.3) is 0 Å². The molecule has 0 saturated carbocycles. The van der Waals surface area contributed by atoms with Crippen molar-refractivity contribution in [3.63, 3.8) is 0 Å². The van der Waals surface area contributed by atoms with Crippen LogP contribution in [0.5, 0.6) is 0 Å². The minimum Gasteiger partial charge on any atom is -0.211 e. The molecule has 7 aromatic carbocycles. The van der Waals surface area contributed by atoms with Crippen molar-refractivity contribution < 1.29 is 28.8 Å². The minimum absolute atomic E-state index is 0.568. The van der Waals surface area contributed by atoms with Gasteiger partial charge in [-0.2, -0.15) is 30.0 Å². The molecule has 348 valence electrons. The van der Waals surface area contributed by atoms with Crippen LogP contribution in [0.15, 0.2) is 218 Å². The van der Waals surface area contributed by atoms with Crippen LogP contribution in [0.1, 0.15) is 68.4 Å². The van der Waals surface area contributed by atoms with Gasteiger partial charge in [0.2, 0.25) is 36.5 Å². The van der Waals surface area contributed by atoms with Crippen LogP contribution >= 0.6 is 0 Å².